The summed E-state index contributed by atoms with van der Waals surface area (Å²) in [6.45, 7) is 2.78. The Bertz CT molecular complexity index is 630. The van der Waals surface area contributed by atoms with Gasteiger partial charge in [0.15, 0.2) is 0 Å². The molecule has 1 heterocycles. The summed E-state index contributed by atoms with van der Waals surface area (Å²) in [6, 6.07) is 18.2. The Morgan fingerprint density at radius 2 is 1.73 bits per heavy atom. The number of hydrogen-bond donors (Lipinski definition) is 2. The Balaban J connectivity index is 0.00000176. The highest BCUT2D eigenvalue weighted by atomic mass is 35.5. The molecule has 1 unspecified atom stereocenters. The number of halogens is 1. The monoisotopic (exact) mass is 316 g/mol. The molecular formula is C18H21ClN2O. The van der Waals surface area contributed by atoms with Gasteiger partial charge in [0.25, 0.3) is 0 Å². The van der Waals surface area contributed by atoms with Gasteiger partial charge in [0, 0.05) is 6.54 Å². The number of benzene rings is 2. The molecule has 0 saturated carbocycles. The zero-order valence-electron chi connectivity index (χ0n) is 12.6. The Hall–Kier alpha value is -1.84. The summed E-state index contributed by atoms with van der Waals surface area (Å²) >= 11 is 0. The van der Waals surface area contributed by atoms with Crippen molar-refractivity contribution in [2.45, 2.75) is 32.0 Å². The molecule has 0 saturated heterocycles. The Kier molecular flexibility index (Phi) is 5.58. The Morgan fingerprint density at radius 1 is 1.09 bits per heavy atom. The minimum atomic E-state index is -0.147. The molecule has 0 fully saturated rings. The molecule has 1 aliphatic rings. The summed E-state index contributed by atoms with van der Waals surface area (Å²) < 4.78 is 0. The molecule has 0 aromatic heterocycles. The van der Waals surface area contributed by atoms with Crippen LogP contribution in [0.2, 0.25) is 0 Å². The predicted octanol–water partition coefficient (Wildman–Crippen LogP) is 3.00. The van der Waals surface area contributed by atoms with Crippen LogP contribution in [-0.2, 0) is 17.8 Å². The van der Waals surface area contributed by atoms with Crippen LogP contribution >= 0.6 is 12.4 Å². The van der Waals surface area contributed by atoms with Crippen LogP contribution < -0.4 is 10.6 Å². The average Bonchev–Trinajstić information content (AvgIpc) is 2.55. The van der Waals surface area contributed by atoms with Crippen molar-refractivity contribution in [3.8, 4) is 0 Å². The third-order valence-corrected chi connectivity index (χ3v) is 4.06. The lowest BCUT2D eigenvalue weighted by atomic mass is 9.95. The second-order valence-corrected chi connectivity index (χ2v) is 5.55. The Labute approximate surface area is 137 Å². The highest BCUT2D eigenvalue weighted by Gasteiger charge is 2.24. The number of amides is 1. The third kappa shape index (κ3) is 3.67. The predicted molar refractivity (Wildman–Crippen MR) is 91.0 cm³/mol. The van der Waals surface area contributed by atoms with Gasteiger partial charge in [-0.3, -0.25) is 4.79 Å². The van der Waals surface area contributed by atoms with E-state index in [1.54, 1.807) is 0 Å². The van der Waals surface area contributed by atoms with E-state index >= 15 is 0 Å². The molecule has 1 amide bonds. The number of carbonyl (C=O) groups is 1. The number of carbonyl (C=O) groups excluding carboxylic acids is 1. The van der Waals surface area contributed by atoms with Crippen LogP contribution in [0.5, 0.6) is 0 Å². The zero-order valence-corrected chi connectivity index (χ0v) is 13.4. The van der Waals surface area contributed by atoms with Gasteiger partial charge in [-0.05, 0) is 30.0 Å². The first-order chi connectivity index (χ1) is 10.2. The fourth-order valence-electron chi connectivity index (χ4n) is 2.78. The van der Waals surface area contributed by atoms with Crippen molar-refractivity contribution in [2.75, 3.05) is 0 Å². The molecule has 0 bridgehead atoms. The van der Waals surface area contributed by atoms with Crippen molar-refractivity contribution in [3.63, 3.8) is 0 Å². The highest BCUT2D eigenvalue weighted by Crippen LogP contribution is 2.17. The summed E-state index contributed by atoms with van der Waals surface area (Å²) in [5.41, 5.74) is 3.68. The van der Waals surface area contributed by atoms with Crippen molar-refractivity contribution in [1.82, 2.24) is 10.6 Å². The van der Waals surface area contributed by atoms with Gasteiger partial charge in [-0.1, -0.05) is 54.6 Å². The van der Waals surface area contributed by atoms with Crippen molar-refractivity contribution >= 4 is 18.3 Å². The van der Waals surface area contributed by atoms with E-state index in [1.807, 2.05) is 49.4 Å². The van der Waals surface area contributed by atoms with Gasteiger partial charge < -0.3 is 10.6 Å². The summed E-state index contributed by atoms with van der Waals surface area (Å²) in [4.78, 5) is 12.4. The molecule has 2 N–H and O–H groups in total. The first-order valence-corrected chi connectivity index (χ1v) is 7.39. The van der Waals surface area contributed by atoms with Gasteiger partial charge in [0.2, 0.25) is 5.91 Å². The van der Waals surface area contributed by atoms with Crippen LogP contribution in [-0.4, -0.2) is 11.9 Å². The smallest absolute Gasteiger partial charge is 0.237 e. The number of nitrogens with one attached hydrogen (secondary N) is 2. The molecule has 3 rings (SSSR count). The van der Waals surface area contributed by atoms with Gasteiger partial charge in [0.1, 0.15) is 0 Å². The van der Waals surface area contributed by atoms with Crippen molar-refractivity contribution in [1.29, 1.82) is 0 Å². The van der Waals surface area contributed by atoms with E-state index in [2.05, 4.69) is 22.8 Å². The lowest BCUT2D eigenvalue weighted by molar-refractivity contribution is -0.124. The molecule has 22 heavy (non-hydrogen) atoms. The maximum atomic E-state index is 12.4. The number of hydrogen-bond acceptors (Lipinski definition) is 2. The standard InChI is InChI=1S/C18H20N2O.ClH/c1-13(14-7-3-2-4-8-14)20-18(21)17-11-15-9-5-6-10-16(15)12-19-17;/h2-10,13,17,19H,11-12H2,1H3,(H,20,21);1H/t13-,17?;/m1./s1. The van der Waals surface area contributed by atoms with E-state index in [4.69, 9.17) is 0 Å². The normalized spacial score (nSPS) is 17.8. The Morgan fingerprint density at radius 3 is 2.45 bits per heavy atom. The third-order valence-electron chi connectivity index (χ3n) is 4.06. The molecule has 116 valence electrons. The van der Waals surface area contributed by atoms with Gasteiger partial charge in [0.05, 0.1) is 12.1 Å². The van der Waals surface area contributed by atoms with Crippen LogP contribution in [0.4, 0.5) is 0 Å². The van der Waals surface area contributed by atoms with Crippen LogP contribution in [0, 0.1) is 0 Å². The molecule has 2 aromatic rings. The molecule has 0 spiro atoms. The SMILES string of the molecule is C[C@@H](NC(=O)C1Cc2ccccc2CN1)c1ccccc1.Cl. The van der Waals surface area contributed by atoms with Crippen molar-refractivity contribution in [3.05, 3.63) is 71.3 Å². The summed E-state index contributed by atoms with van der Waals surface area (Å²) in [5, 5.41) is 6.42. The van der Waals surface area contributed by atoms with Crippen LogP contribution in [0.25, 0.3) is 0 Å². The van der Waals surface area contributed by atoms with Gasteiger partial charge in [-0.15, -0.1) is 12.4 Å². The van der Waals surface area contributed by atoms with Gasteiger partial charge in [-0.25, -0.2) is 0 Å². The molecular weight excluding hydrogens is 296 g/mol. The maximum absolute atomic E-state index is 12.4. The number of rotatable bonds is 3. The van der Waals surface area contributed by atoms with Crippen LogP contribution in [0.3, 0.4) is 0 Å². The lowest BCUT2D eigenvalue weighted by Crippen LogP contribution is -2.48. The van der Waals surface area contributed by atoms with E-state index in [9.17, 15) is 4.79 Å². The molecule has 2 atom stereocenters. The lowest BCUT2D eigenvalue weighted by Gasteiger charge is -2.26. The first kappa shape index (κ1) is 16.5. The minimum absolute atomic E-state index is 0. The molecule has 4 heteroatoms. The number of fused-ring (bicyclic) bond motifs is 1. The van der Waals surface area contributed by atoms with E-state index < -0.39 is 0 Å². The van der Waals surface area contributed by atoms with Crippen molar-refractivity contribution < 1.29 is 4.79 Å². The summed E-state index contributed by atoms with van der Waals surface area (Å²) in [7, 11) is 0. The van der Waals surface area contributed by atoms with Crippen molar-refractivity contribution in [2.24, 2.45) is 0 Å². The maximum Gasteiger partial charge on any atom is 0.237 e. The molecule has 2 aromatic carbocycles. The minimum Gasteiger partial charge on any atom is -0.348 e. The van der Waals surface area contributed by atoms with Gasteiger partial charge in [-0.2, -0.15) is 0 Å². The van der Waals surface area contributed by atoms with E-state index in [-0.39, 0.29) is 30.4 Å². The second-order valence-electron chi connectivity index (χ2n) is 5.55. The summed E-state index contributed by atoms with van der Waals surface area (Å²) in [5.74, 6) is 0.0702. The highest BCUT2D eigenvalue weighted by molar-refractivity contribution is 5.85. The van der Waals surface area contributed by atoms with E-state index in [0.717, 1.165) is 18.5 Å². The largest absolute Gasteiger partial charge is 0.348 e. The second kappa shape index (κ2) is 7.43. The van der Waals surface area contributed by atoms with Crippen LogP contribution in [0.1, 0.15) is 29.7 Å². The molecule has 0 aliphatic carbocycles. The molecule has 0 radical (unpaired) electrons. The molecule has 3 nitrogen and oxygen atoms in total. The first-order valence-electron chi connectivity index (χ1n) is 7.39. The zero-order chi connectivity index (χ0) is 14.7. The van der Waals surface area contributed by atoms with E-state index in [1.165, 1.54) is 11.1 Å². The fraction of sp³-hybridized carbons (Fsp3) is 0.278. The van der Waals surface area contributed by atoms with E-state index in [0.29, 0.717) is 0 Å². The fourth-order valence-corrected chi connectivity index (χ4v) is 2.78. The van der Waals surface area contributed by atoms with Crippen LogP contribution in [0.15, 0.2) is 54.6 Å². The topological polar surface area (TPSA) is 41.1 Å². The quantitative estimate of drug-likeness (QED) is 0.914. The summed E-state index contributed by atoms with van der Waals surface area (Å²) in [6.07, 6.45) is 0.753. The molecule has 1 aliphatic heterocycles. The van der Waals surface area contributed by atoms with Gasteiger partial charge >= 0.3 is 0 Å². The average molecular weight is 317 g/mol.